The van der Waals surface area contributed by atoms with E-state index < -0.39 is 35.6 Å². The third-order valence-corrected chi connectivity index (χ3v) is 7.30. The Kier molecular flexibility index (Phi) is 8.63. The van der Waals surface area contributed by atoms with Crippen molar-refractivity contribution >= 4 is 17.6 Å². The molecule has 2 heterocycles. The highest BCUT2D eigenvalue weighted by molar-refractivity contribution is 5.77. The van der Waals surface area contributed by atoms with Crippen LogP contribution >= 0.6 is 0 Å². The van der Waals surface area contributed by atoms with E-state index in [1.165, 1.54) is 17.8 Å². The number of rotatable bonds is 9. The smallest absolute Gasteiger partial charge is 0.408 e. The van der Waals surface area contributed by atoms with Crippen molar-refractivity contribution in [2.45, 2.75) is 95.2 Å². The normalized spacial score (nSPS) is 20.9. The minimum absolute atomic E-state index is 0.00253. The van der Waals surface area contributed by atoms with Gasteiger partial charge in [-0.1, -0.05) is 0 Å². The van der Waals surface area contributed by atoms with Crippen molar-refractivity contribution in [2.75, 3.05) is 13.7 Å². The molecule has 0 aromatic carbocycles. The first-order valence-corrected chi connectivity index (χ1v) is 13.5. The number of nitrogens with zero attached hydrogens (tertiary/aromatic N) is 3. The Bertz CT molecular complexity index is 1200. The molecule has 0 aliphatic heterocycles. The van der Waals surface area contributed by atoms with Crippen LogP contribution in [0.5, 0.6) is 0 Å². The highest BCUT2D eigenvalue weighted by Gasteiger charge is 2.46. The maximum atomic E-state index is 13.9. The zero-order valence-corrected chi connectivity index (χ0v) is 23.2. The van der Waals surface area contributed by atoms with Crippen LogP contribution in [0.1, 0.15) is 89.1 Å². The van der Waals surface area contributed by atoms with Crippen molar-refractivity contribution in [1.29, 1.82) is 0 Å². The van der Waals surface area contributed by atoms with Gasteiger partial charge >= 0.3 is 6.09 Å². The molecule has 13 heteroatoms. The molecule has 2 aliphatic rings. The van der Waals surface area contributed by atoms with Crippen LogP contribution in [0, 0.1) is 11.8 Å². The number of hydrogen-bond donors (Lipinski definition) is 2. The summed E-state index contributed by atoms with van der Waals surface area (Å²) in [5.74, 6) is -6.43. The number of fused-ring (bicyclic) bond motifs is 1. The van der Waals surface area contributed by atoms with Gasteiger partial charge in [0.15, 0.2) is 5.65 Å². The van der Waals surface area contributed by atoms with Crippen molar-refractivity contribution < 1.29 is 36.6 Å². The van der Waals surface area contributed by atoms with Crippen LogP contribution in [0.25, 0.3) is 5.65 Å². The molecule has 0 spiro atoms. The Morgan fingerprint density at radius 2 is 1.80 bits per heavy atom. The number of carbonyl (C=O) groups is 2. The lowest BCUT2D eigenvalue weighted by Crippen LogP contribution is -2.40. The zero-order chi connectivity index (χ0) is 29.3. The molecule has 40 heavy (non-hydrogen) atoms. The van der Waals surface area contributed by atoms with E-state index in [0.29, 0.717) is 16.9 Å². The van der Waals surface area contributed by atoms with Crippen molar-refractivity contribution in [3.05, 3.63) is 29.7 Å². The van der Waals surface area contributed by atoms with Crippen LogP contribution in [0.15, 0.2) is 18.5 Å². The fourth-order valence-corrected chi connectivity index (χ4v) is 5.35. The fraction of sp³-hybridized carbons (Fsp3) is 0.704. The van der Waals surface area contributed by atoms with E-state index in [1.54, 1.807) is 33.0 Å². The summed E-state index contributed by atoms with van der Waals surface area (Å²) in [4.78, 5) is 29.8. The van der Waals surface area contributed by atoms with E-state index in [0.717, 1.165) is 0 Å². The quantitative estimate of drug-likeness (QED) is 0.393. The number of nitrogens with one attached hydrogen (secondary N) is 2. The Hall–Kier alpha value is -2.96. The molecule has 0 radical (unpaired) electrons. The molecule has 9 nitrogen and oxygen atoms in total. The van der Waals surface area contributed by atoms with Crippen molar-refractivity contribution in [3.63, 3.8) is 0 Å². The van der Waals surface area contributed by atoms with Crippen molar-refractivity contribution in [3.8, 4) is 0 Å². The predicted octanol–water partition coefficient (Wildman–Crippen LogP) is 5.36. The lowest BCUT2D eigenvalue weighted by atomic mass is 9.79. The lowest BCUT2D eigenvalue weighted by Gasteiger charge is -2.34. The molecule has 2 fully saturated rings. The first-order chi connectivity index (χ1) is 18.6. The summed E-state index contributed by atoms with van der Waals surface area (Å²) in [7, 11) is 1.48. The Morgan fingerprint density at radius 1 is 1.12 bits per heavy atom. The Labute approximate surface area is 230 Å². The van der Waals surface area contributed by atoms with Crippen LogP contribution in [-0.4, -0.2) is 57.8 Å². The molecule has 4 rings (SSSR count). The van der Waals surface area contributed by atoms with E-state index >= 15 is 0 Å². The number of aromatic nitrogens is 3. The number of imidazole rings is 1. The SMILES string of the molecule is COC[C@@H](NC(=O)CC1CC(F)(F)C1)c1cnn2cc([C@@H](NC(=O)OC(C)(C)C)C3CCC(F)(F)CC3)nc2c1. The summed E-state index contributed by atoms with van der Waals surface area (Å²) in [6.45, 7) is 5.32. The molecule has 0 saturated heterocycles. The fourth-order valence-electron chi connectivity index (χ4n) is 5.35. The third-order valence-electron chi connectivity index (χ3n) is 7.30. The summed E-state index contributed by atoms with van der Waals surface area (Å²) < 4.78 is 66.3. The number of ether oxygens (including phenoxy) is 2. The van der Waals surface area contributed by atoms with Crippen molar-refractivity contribution in [2.24, 2.45) is 11.8 Å². The van der Waals surface area contributed by atoms with Crippen LogP contribution in [0.3, 0.4) is 0 Å². The van der Waals surface area contributed by atoms with Gasteiger partial charge in [0.1, 0.15) is 5.60 Å². The first-order valence-electron chi connectivity index (χ1n) is 13.5. The molecule has 0 bridgehead atoms. The van der Waals surface area contributed by atoms with Gasteiger partial charge in [0.05, 0.1) is 36.8 Å². The average Bonchev–Trinajstić information content (AvgIpc) is 3.23. The average molecular weight is 572 g/mol. The summed E-state index contributed by atoms with van der Waals surface area (Å²) in [5.41, 5.74) is 0.708. The standard InChI is InChI=1S/C27H37F4N5O4/c1-25(2,3)40-24(38)35-23(17-5-7-26(28,29)8-6-17)19-14-36-21(33-19)10-18(13-32-36)20(15-39-4)34-22(37)9-16-11-27(30,31)12-16/h10,13-14,16-17,20,23H,5-9,11-12,15H2,1-4H3,(H,34,37)(H,35,38)/t20-,23+/m1/s1. The second-order valence-corrected chi connectivity index (χ2v) is 12.0. The molecule has 0 unspecified atom stereocenters. The maximum absolute atomic E-state index is 13.9. The van der Waals surface area contributed by atoms with Gasteiger partial charge in [-0.25, -0.2) is 31.9 Å². The number of carbonyl (C=O) groups excluding carboxylic acids is 2. The van der Waals surface area contributed by atoms with E-state index in [-0.39, 0.29) is 69.3 Å². The van der Waals surface area contributed by atoms with Gasteiger partial charge in [0, 0.05) is 44.8 Å². The summed E-state index contributed by atoms with van der Waals surface area (Å²) in [6, 6.07) is 0.440. The number of amides is 2. The van der Waals surface area contributed by atoms with Gasteiger partial charge < -0.3 is 20.1 Å². The molecule has 2 aliphatic carbocycles. The summed E-state index contributed by atoms with van der Waals surface area (Å²) in [5, 5.41) is 10.1. The molecule has 2 saturated carbocycles. The third kappa shape index (κ3) is 7.82. The predicted molar refractivity (Wildman–Crippen MR) is 137 cm³/mol. The van der Waals surface area contributed by atoms with Gasteiger partial charge in [0.2, 0.25) is 17.8 Å². The highest BCUT2D eigenvalue weighted by Crippen LogP contribution is 2.44. The van der Waals surface area contributed by atoms with Gasteiger partial charge in [-0.05, 0) is 51.5 Å². The number of hydrogen-bond acceptors (Lipinski definition) is 6. The van der Waals surface area contributed by atoms with E-state index in [9.17, 15) is 27.2 Å². The number of alkyl halides is 4. The van der Waals surface area contributed by atoms with Crippen LogP contribution in [-0.2, 0) is 14.3 Å². The molecule has 2 aromatic rings. The van der Waals surface area contributed by atoms with Gasteiger partial charge in [-0.3, -0.25) is 4.79 Å². The molecule has 2 N–H and O–H groups in total. The second kappa shape index (κ2) is 11.5. The number of alkyl carbamates (subject to hydrolysis) is 1. The summed E-state index contributed by atoms with van der Waals surface area (Å²) in [6.07, 6.45) is 1.75. The molecule has 2 amide bonds. The van der Waals surface area contributed by atoms with E-state index in [4.69, 9.17) is 9.47 Å². The maximum Gasteiger partial charge on any atom is 0.408 e. The monoisotopic (exact) mass is 571 g/mol. The van der Waals surface area contributed by atoms with Gasteiger partial charge in [-0.15, -0.1) is 0 Å². The van der Waals surface area contributed by atoms with Gasteiger partial charge in [0.25, 0.3) is 0 Å². The van der Waals surface area contributed by atoms with Crippen LogP contribution in [0.2, 0.25) is 0 Å². The highest BCUT2D eigenvalue weighted by atomic mass is 19.3. The molecular weight excluding hydrogens is 534 g/mol. The van der Waals surface area contributed by atoms with Crippen LogP contribution in [0.4, 0.5) is 22.4 Å². The minimum atomic E-state index is -2.73. The zero-order valence-electron chi connectivity index (χ0n) is 23.2. The molecule has 2 atom stereocenters. The topological polar surface area (TPSA) is 107 Å². The minimum Gasteiger partial charge on any atom is -0.444 e. The molecule has 222 valence electrons. The lowest BCUT2D eigenvalue weighted by molar-refractivity contribution is -0.134. The number of halogens is 4. The van der Waals surface area contributed by atoms with E-state index in [2.05, 4.69) is 20.7 Å². The Balaban J connectivity index is 1.53. The molecule has 2 aromatic heterocycles. The van der Waals surface area contributed by atoms with Crippen molar-refractivity contribution in [1.82, 2.24) is 25.2 Å². The largest absolute Gasteiger partial charge is 0.444 e. The van der Waals surface area contributed by atoms with Crippen LogP contribution < -0.4 is 10.6 Å². The molecular formula is C27H37F4N5O4. The summed E-state index contributed by atoms with van der Waals surface area (Å²) >= 11 is 0. The Morgan fingerprint density at radius 3 is 2.40 bits per heavy atom. The second-order valence-electron chi connectivity index (χ2n) is 12.0. The first kappa shape index (κ1) is 30.0. The van der Waals surface area contributed by atoms with Gasteiger partial charge in [-0.2, -0.15) is 5.10 Å². The number of methoxy groups -OCH3 is 1. The van der Waals surface area contributed by atoms with E-state index in [1.807, 2.05) is 0 Å².